The Bertz CT molecular complexity index is 1160. The lowest BCUT2D eigenvalue weighted by Crippen LogP contribution is -2.11. The molecule has 11 heteroatoms. The summed E-state index contributed by atoms with van der Waals surface area (Å²) in [6, 6.07) is 10.4. The van der Waals surface area contributed by atoms with Crippen molar-refractivity contribution in [1.29, 1.82) is 0 Å². The third-order valence-electron chi connectivity index (χ3n) is 3.85. The lowest BCUT2D eigenvalue weighted by Gasteiger charge is -2.10. The van der Waals surface area contributed by atoms with Gasteiger partial charge in [-0.05, 0) is 36.4 Å². The van der Waals surface area contributed by atoms with E-state index >= 15 is 0 Å². The number of nitrogens with zero attached hydrogens (tertiary/aromatic N) is 4. The van der Waals surface area contributed by atoms with Crippen LogP contribution in [0.1, 0.15) is 11.4 Å². The zero-order chi connectivity index (χ0) is 20.1. The summed E-state index contributed by atoms with van der Waals surface area (Å²) in [6.45, 7) is 0. The van der Waals surface area contributed by atoms with Crippen LogP contribution in [-0.2, 0) is 12.4 Å². The van der Waals surface area contributed by atoms with Gasteiger partial charge in [-0.3, -0.25) is 4.40 Å². The van der Waals surface area contributed by atoms with Crippen molar-refractivity contribution < 1.29 is 26.3 Å². The second kappa shape index (κ2) is 6.36. The van der Waals surface area contributed by atoms with Crippen molar-refractivity contribution in [1.82, 2.24) is 19.6 Å². The van der Waals surface area contributed by atoms with Crippen LogP contribution in [-0.4, -0.2) is 19.6 Å². The molecule has 0 unspecified atom stereocenters. The lowest BCUT2D eigenvalue weighted by atomic mass is 10.2. The van der Waals surface area contributed by atoms with Gasteiger partial charge in [-0.25, -0.2) is 4.98 Å². The first-order chi connectivity index (χ1) is 13.1. The maximum Gasteiger partial charge on any atom is 0.452 e. The molecule has 0 atom stereocenters. The fraction of sp³-hybridized carbons (Fsp3) is 0.118. The van der Waals surface area contributed by atoms with E-state index in [2.05, 4.69) is 15.2 Å². The van der Waals surface area contributed by atoms with Crippen LogP contribution in [0.25, 0.3) is 16.7 Å². The van der Waals surface area contributed by atoms with E-state index in [4.69, 9.17) is 0 Å². The number of hydrogen-bond acceptors (Lipinski definition) is 4. The number of aromatic nitrogens is 4. The molecule has 4 aromatic rings. The van der Waals surface area contributed by atoms with E-state index in [0.717, 1.165) is 28.3 Å². The Morgan fingerprint density at radius 1 is 0.786 bits per heavy atom. The maximum atomic E-state index is 13.3. The van der Waals surface area contributed by atoms with Gasteiger partial charge in [-0.15, -0.1) is 10.2 Å². The van der Waals surface area contributed by atoms with Crippen LogP contribution in [0.5, 0.6) is 0 Å². The van der Waals surface area contributed by atoms with E-state index in [9.17, 15) is 26.3 Å². The van der Waals surface area contributed by atoms with Gasteiger partial charge in [-0.1, -0.05) is 23.9 Å². The number of alkyl halides is 6. The lowest BCUT2D eigenvalue weighted by molar-refractivity contribution is -0.145. The van der Waals surface area contributed by atoms with Crippen LogP contribution < -0.4 is 0 Å². The van der Waals surface area contributed by atoms with Gasteiger partial charge in [0.25, 0.3) is 0 Å². The van der Waals surface area contributed by atoms with E-state index in [1.807, 2.05) is 0 Å². The number of halogens is 6. The normalized spacial score (nSPS) is 12.8. The molecule has 0 aliphatic rings. The molecule has 0 bridgehead atoms. The first kappa shape index (κ1) is 18.5. The van der Waals surface area contributed by atoms with Crippen LogP contribution in [0, 0.1) is 0 Å². The van der Waals surface area contributed by atoms with Crippen molar-refractivity contribution in [2.24, 2.45) is 0 Å². The first-order valence-electron chi connectivity index (χ1n) is 7.71. The van der Waals surface area contributed by atoms with Gasteiger partial charge in [-0.2, -0.15) is 26.3 Å². The zero-order valence-electron chi connectivity index (χ0n) is 13.6. The largest absolute Gasteiger partial charge is 0.452 e. The van der Waals surface area contributed by atoms with E-state index in [-0.39, 0.29) is 21.7 Å². The van der Waals surface area contributed by atoms with Gasteiger partial charge in [0.15, 0.2) is 5.65 Å². The minimum Gasteiger partial charge on any atom is -0.267 e. The molecule has 0 saturated heterocycles. The van der Waals surface area contributed by atoms with Crippen molar-refractivity contribution in [3.8, 4) is 0 Å². The van der Waals surface area contributed by atoms with Crippen molar-refractivity contribution in [2.45, 2.75) is 22.3 Å². The standard InChI is InChI=1S/C17H8F6N4S/c18-16(19,20)9-5-7-10(8-6-9)28-14-13-25-26-15(17(21,22)23)27(13)12-4-2-1-3-11(12)24-14/h1-8H. The SMILES string of the molecule is FC(F)(F)c1ccc(Sc2nc3ccccc3n3c(C(F)(F)F)nnc23)cc1. The molecular weight excluding hydrogens is 406 g/mol. The molecule has 2 aromatic carbocycles. The fourth-order valence-electron chi connectivity index (χ4n) is 2.63. The van der Waals surface area contributed by atoms with Gasteiger partial charge < -0.3 is 0 Å². The fourth-order valence-corrected chi connectivity index (χ4v) is 3.50. The smallest absolute Gasteiger partial charge is 0.267 e. The molecule has 28 heavy (non-hydrogen) atoms. The summed E-state index contributed by atoms with van der Waals surface area (Å²) in [5, 5.41) is 6.97. The second-order valence-electron chi connectivity index (χ2n) is 5.71. The van der Waals surface area contributed by atoms with Crippen molar-refractivity contribution in [3.63, 3.8) is 0 Å². The van der Waals surface area contributed by atoms with E-state index in [1.165, 1.54) is 24.3 Å². The molecule has 2 aromatic heterocycles. The summed E-state index contributed by atoms with van der Waals surface area (Å²) < 4.78 is 79.0. The summed E-state index contributed by atoms with van der Waals surface area (Å²) in [5.74, 6) is -1.20. The number of para-hydroxylation sites is 2. The number of benzene rings is 2. The summed E-state index contributed by atoms with van der Waals surface area (Å²) >= 11 is 0.906. The molecule has 0 spiro atoms. The molecule has 2 heterocycles. The van der Waals surface area contributed by atoms with Crippen molar-refractivity contribution in [2.75, 3.05) is 0 Å². The molecular formula is C17H8F6N4S. The monoisotopic (exact) mass is 414 g/mol. The number of hydrogen-bond donors (Lipinski definition) is 0. The minimum absolute atomic E-state index is 0.0986. The Kier molecular flexibility index (Phi) is 4.21. The molecule has 0 amide bonds. The third-order valence-corrected chi connectivity index (χ3v) is 4.82. The highest BCUT2D eigenvalue weighted by Gasteiger charge is 2.38. The van der Waals surface area contributed by atoms with E-state index in [0.29, 0.717) is 4.90 Å². The van der Waals surface area contributed by atoms with Crippen LogP contribution in [0.15, 0.2) is 58.5 Å². The Morgan fingerprint density at radius 2 is 1.46 bits per heavy atom. The zero-order valence-corrected chi connectivity index (χ0v) is 14.4. The molecule has 0 aliphatic carbocycles. The van der Waals surface area contributed by atoms with Gasteiger partial charge in [0.1, 0.15) is 5.03 Å². The van der Waals surface area contributed by atoms with Gasteiger partial charge in [0.05, 0.1) is 16.6 Å². The van der Waals surface area contributed by atoms with Crippen LogP contribution >= 0.6 is 11.8 Å². The molecule has 0 N–H and O–H groups in total. The Hall–Kier alpha value is -2.82. The Balaban J connectivity index is 1.86. The van der Waals surface area contributed by atoms with Crippen LogP contribution in [0.3, 0.4) is 0 Å². The number of rotatable bonds is 2. The average molecular weight is 414 g/mol. The molecule has 0 fully saturated rings. The number of fused-ring (bicyclic) bond motifs is 3. The summed E-state index contributed by atoms with van der Waals surface area (Å²) in [7, 11) is 0. The molecule has 4 rings (SSSR count). The molecule has 0 aliphatic heterocycles. The highest BCUT2D eigenvalue weighted by molar-refractivity contribution is 7.99. The molecule has 0 radical (unpaired) electrons. The highest BCUT2D eigenvalue weighted by atomic mass is 32.2. The van der Waals surface area contributed by atoms with Crippen LogP contribution in [0.2, 0.25) is 0 Å². The topological polar surface area (TPSA) is 43.1 Å². The summed E-state index contributed by atoms with van der Waals surface area (Å²) in [4.78, 5) is 4.68. The van der Waals surface area contributed by atoms with Crippen molar-refractivity contribution >= 4 is 28.4 Å². The van der Waals surface area contributed by atoms with Gasteiger partial charge >= 0.3 is 12.4 Å². The maximum absolute atomic E-state index is 13.3. The van der Waals surface area contributed by atoms with Crippen LogP contribution in [0.4, 0.5) is 26.3 Å². The summed E-state index contributed by atoms with van der Waals surface area (Å²) in [6.07, 6.45) is -9.22. The van der Waals surface area contributed by atoms with E-state index < -0.39 is 23.7 Å². The Morgan fingerprint density at radius 3 is 2.11 bits per heavy atom. The third kappa shape index (κ3) is 3.26. The summed E-state index contributed by atoms with van der Waals surface area (Å²) in [5.41, 5.74) is -0.507. The molecule has 144 valence electrons. The molecule has 4 nitrogen and oxygen atoms in total. The van der Waals surface area contributed by atoms with Gasteiger partial charge in [0, 0.05) is 4.90 Å². The van der Waals surface area contributed by atoms with Crippen molar-refractivity contribution in [3.05, 3.63) is 59.9 Å². The average Bonchev–Trinajstić information content (AvgIpc) is 3.08. The quantitative estimate of drug-likeness (QED) is 0.408. The second-order valence-corrected chi connectivity index (χ2v) is 6.77. The van der Waals surface area contributed by atoms with Gasteiger partial charge in [0.2, 0.25) is 5.82 Å². The first-order valence-corrected chi connectivity index (χ1v) is 8.52. The predicted molar refractivity (Wildman–Crippen MR) is 88.9 cm³/mol. The molecule has 0 saturated carbocycles. The highest BCUT2D eigenvalue weighted by Crippen LogP contribution is 2.36. The minimum atomic E-state index is -4.74. The Labute approximate surface area is 157 Å². The predicted octanol–water partition coefficient (Wildman–Crippen LogP) is 5.47. The van der Waals surface area contributed by atoms with E-state index in [1.54, 1.807) is 12.1 Å².